The lowest BCUT2D eigenvalue weighted by atomic mass is 10.1. The van der Waals surface area contributed by atoms with E-state index >= 15 is 0 Å². The van der Waals surface area contributed by atoms with Crippen molar-refractivity contribution in [3.63, 3.8) is 0 Å². The van der Waals surface area contributed by atoms with Crippen LogP contribution in [0.3, 0.4) is 0 Å². The summed E-state index contributed by atoms with van der Waals surface area (Å²) in [5.41, 5.74) is 2.51. The first-order chi connectivity index (χ1) is 16.2. The Morgan fingerprint density at radius 3 is 2.35 bits per heavy atom. The zero-order chi connectivity index (χ0) is 24.6. The van der Waals surface area contributed by atoms with Crippen LogP contribution in [0.5, 0.6) is 5.75 Å². The lowest BCUT2D eigenvalue weighted by molar-refractivity contribution is -0.120. The summed E-state index contributed by atoms with van der Waals surface area (Å²) in [6.07, 6.45) is 0. The fourth-order valence-corrected chi connectivity index (χ4v) is 3.68. The molecule has 3 aromatic rings. The average molecular weight is 499 g/mol. The van der Waals surface area contributed by atoms with Gasteiger partial charge in [-0.2, -0.15) is 0 Å². The molecule has 9 heteroatoms. The monoisotopic (exact) mass is 498 g/mol. The van der Waals surface area contributed by atoms with Gasteiger partial charge in [0.1, 0.15) is 22.3 Å². The van der Waals surface area contributed by atoms with E-state index in [1.54, 1.807) is 24.3 Å². The Bertz CT molecular complexity index is 1370. The Morgan fingerprint density at radius 1 is 0.971 bits per heavy atom. The zero-order valence-electron chi connectivity index (χ0n) is 18.0. The van der Waals surface area contributed by atoms with Gasteiger partial charge in [-0.1, -0.05) is 35.3 Å². The third-order valence-electron chi connectivity index (χ3n) is 5.34. The third-order valence-corrected chi connectivity index (χ3v) is 5.98. The van der Waals surface area contributed by atoms with Gasteiger partial charge in [0, 0.05) is 5.69 Å². The maximum absolute atomic E-state index is 13.5. The molecule has 34 heavy (non-hydrogen) atoms. The fourth-order valence-electron chi connectivity index (χ4n) is 3.30. The van der Waals surface area contributed by atoms with Gasteiger partial charge in [-0.3, -0.25) is 9.59 Å². The summed E-state index contributed by atoms with van der Waals surface area (Å²) in [4.78, 5) is 38.7. The number of carbonyl (C=O) groups is 3. The molecule has 0 radical (unpaired) electrons. The van der Waals surface area contributed by atoms with E-state index < -0.39 is 23.6 Å². The van der Waals surface area contributed by atoms with E-state index in [-0.39, 0.29) is 21.4 Å². The van der Waals surface area contributed by atoms with Crippen LogP contribution in [0.4, 0.5) is 15.8 Å². The van der Waals surface area contributed by atoms with E-state index in [1.165, 1.54) is 18.2 Å². The van der Waals surface area contributed by atoms with Crippen LogP contribution in [0.25, 0.3) is 0 Å². The molecule has 0 atom stereocenters. The number of carbonyl (C=O) groups excluding carboxylic acids is 3. The minimum Gasteiger partial charge on any atom is -0.423 e. The quantitative estimate of drug-likeness (QED) is 0.275. The molecule has 0 saturated carbocycles. The van der Waals surface area contributed by atoms with Crippen molar-refractivity contribution in [3.05, 3.63) is 98.9 Å². The van der Waals surface area contributed by atoms with Gasteiger partial charge in [0.2, 0.25) is 0 Å². The maximum atomic E-state index is 13.5. The predicted molar refractivity (Wildman–Crippen MR) is 128 cm³/mol. The van der Waals surface area contributed by atoms with Gasteiger partial charge in [-0.15, -0.1) is 0 Å². The number of halogens is 3. The minimum atomic E-state index is -0.773. The van der Waals surface area contributed by atoms with Crippen LogP contribution in [-0.2, 0) is 9.59 Å². The summed E-state index contributed by atoms with van der Waals surface area (Å²) in [7, 11) is 0. The summed E-state index contributed by atoms with van der Waals surface area (Å²) < 4.78 is 18.9. The van der Waals surface area contributed by atoms with Crippen LogP contribution >= 0.6 is 23.2 Å². The Kier molecular flexibility index (Phi) is 6.41. The van der Waals surface area contributed by atoms with Gasteiger partial charge in [0.15, 0.2) is 0 Å². The van der Waals surface area contributed by atoms with Gasteiger partial charge in [-0.05, 0) is 73.5 Å². The van der Waals surface area contributed by atoms with E-state index in [2.05, 4.69) is 5.32 Å². The number of imide groups is 1. The van der Waals surface area contributed by atoms with Crippen LogP contribution in [-0.4, -0.2) is 17.8 Å². The molecule has 172 valence electrons. The summed E-state index contributed by atoms with van der Waals surface area (Å²) in [5.74, 6) is -2.25. The molecule has 1 aliphatic rings. The Balaban J connectivity index is 1.50. The number of benzene rings is 3. The highest BCUT2D eigenvalue weighted by Gasteiger charge is 2.39. The highest BCUT2D eigenvalue weighted by molar-refractivity contribution is 6.53. The number of rotatable bonds is 5. The van der Waals surface area contributed by atoms with E-state index in [0.29, 0.717) is 17.0 Å². The number of ether oxygens (including phenoxy) is 1. The molecule has 0 saturated heterocycles. The van der Waals surface area contributed by atoms with Crippen LogP contribution < -0.4 is 15.0 Å². The highest BCUT2D eigenvalue weighted by atomic mass is 35.5. The molecular weight excluding hydrogens is 482 g/mol. The second-order valence-electron chi connectivity index (χ2n) is 7.52. The van der Waals surface area contributed by atoms with Crippen molar-refractivity contribution in [2.45, 2.75) is 13.8 Å². The normalized spacial score (nSPS) is 13.5. The molecule has 0 unspecified atom stereocenters. The van der Waals surface area contributed by atoms with Crippen LogP contribution in [0.15, 0.2) is 71.4 Å². The summed E-state index contributed by atoms with van der Waals surface area (Å²) in [6, 6.07) is 15.0. The van der Waals surface area contributed by atoms with Crippen molar-refractivity contribution in [2.24, 2.45) is 0 Å². The lowest BCUT2D eigenvalue weighted by Gasteiger charge is -2.15. The summed E-state index contributed by atoms with van der Waals surface area (Å²) in [6.45, 7) is 3.79. The molecule has 3 aromatic carbocycles. The van der Waals surface area contributed by atoms with Crippen molar-refractivity contribution < 1.29 is 23.5 Å². The molecule has 1 aliphatic heterocycles. The van der Waals surface area contributed by atoms with Crippen molar-refractivity contribution in [1.82, 2.24) is 0 Å². The molecule has 2 amide bonds. The number of hydrogen-bond acceptors (Lipinski definition) is 5. The van der Waals surface area contributed by atoms with Crippen molar-refractivity contribution in [1.29, 1.82) is 0 Å². The Hall–Kier alpha value is -3.68. The predicted octanol–water partition coefficient (Wildman–Crippen LogP) is 5.75. The first-order valence-electron chi connectivity index (χ1n) is 10.1. The minimum absolute atomic E-state index is 0.0842. The number of aryl methyl sites for hydroxylation is 1. The summed E-state index contributed by atoms with van der Waals surface area (Å²) >= 11 is 11.9. The molecule has 0 spiro atoms. The molecule has 0 bridgehead atoms. The van der Waals surface area contributed by atoms with Gasteiger partial charge < -0.3 is 10.1 Å². The molecule has 0 aliphatic carbocycles. The maximum Gasteiger partial charge on any atom is 0.343 e. The van der Waals surface area contributed by atoms with Crippen molar-refractivity contribution in [2.75, 3.05) is 10.2 Å². The van der Waals surface area contributed by atoms with Gasteiger partial charge in [-0.25, -0.2) is 14.1 Å². The largest absolute Gasteiger partial charge is 0.423 e. The van der Waals surface area contributed by atoms with Crippen LogP contribution in [0.1, 0.15) is 21.5 Å². The number of hydrogen-bond donors (Lipinski definition) is 1. The number of nitrogens with one attached hydrogen (secondary N) is 1. The summed E-state index contributed by atoms with van der Waals surface area (Å²) in [5, 5.41) is 2.24. The number of esters is 1. The molecule has 0 aromatic heterocycles. The third kappa shape index (κ3) is 4.40. The first kappa shape index (κ1) is 23.5. The van der Waals surface area contributed by atoms with E-state index in [1.807, 2.05) is 19.9 Å². The Morgan fingerprint density at radius 2 is 1.68 bits per heavy atom. The number of nitrogens with zero attached hydrogens (tertiary/aromatic N) is 1. The standard InChI is InChI=1S/C25H17Cl2FN2O4/c1-13-4-3-5-20(14(13)2)34-25(33)15-6-8-16(9-7-15)29-22-21(27)23(31)30(24(22)32)17-10-11-19(28)18(26)12-17/h3-12,29H,1-2H3. The first-order valence-corrected chi connectivity index (χ1v) is 10.8. The van der Waals surface area contributed by atoms with Gasteiger partial charge >= 0.3 is 5.97 Å². The van der Waals surface area contributed by atoms with E-state index in [9.17, 15) is 18.8 Å². The SMILES string of the molecule is Cc1cccc(OC(=O)c2ccc(NC3=C(Cl)C(=O)N(c4ccc(F)c(Cl)c4)C3=O)cc2)c1C. The molecule has 6 nitrogen and oxygen atoms in total. The molecular formula is C25H17Cl2FN2O4. The van der Waals surface area contributed by atoms with Gasteiger partial charge in [0.05, 0.1) is 16.3 Å². The topological polar surface area (TPSA) is 75.7 Å². The number of anilines is 2. The van der Waals surface area contributed by atoms with Crippen molar-refractivity contribution in [3.8, 4) is 5.75 Å². The highest BCUT2D eigenvalue weighted by Crippen LogP contribution is 2.32. The van der Waals surface area contributed by atoms with E-state index in [4.69, 9.17) is 27.9 Å². The zero-order valence-corrected chi connectivity index (χ0v) is 19.5. The molecule has 1 N–H and O–H groups in total. The van der Waals surface area contributed by atoms with Crippen LogP contribution in [0.2, 0.25) is 5.02 Å². The van der Waals surface area contributed by atoms with E-state index in [0.717, 1.165) is 28.2 Å². The average Bonchev–Trinajstić information content (AvgIpc) is 3.02. The second-order valence-corrected chi connectivity index (χ2v) is 8.31. The smallest absolute Gasteiger partial charge is 0.343 e. The van der Waals surface area contributed by atoms with Crippen molar-refractivity contribution >= 4 is 52.4 Å². The fraction of sp³-hybridized carbons (Fsp3) is 0.0800. The Labute approximate surface area is 204 Å². The molecule has 0 fully saturated rings. The van der Waals surface area contributed by atoms with Crippen LogP contribution in [0, 0.1) is 19.7 Å². The molecule has 1 heterocycles. The van der Waals surface area contributed by atoms with Gasteiger partial charge in [0.25, 0.3) is 11.8 Å². The second kappa shape index (κ2) is 9.29. The lowest BCUT2D eigenvalue weighted by Crippen LogP contribution is -2.32. The molecule has 4 rings (SSSR count). The number of amides is 2.